The fourth-order valence-corrected chi connectivity index (χ4v) is 12.2. The zero-order chi connectivity index (χ0) is 23.4. The van der Waals surface area contributed by atoms with Crippen molar-refractivity contribution in [3.05, 3.63) is 121 Å². The van der Waals surface area contributed by atoms with Gasteiger partial charge in [-0.25, -0.2) is 0 Å². The molecular formula is C30H34N2P2+2. The van der Waals surface area contributed by atoms with Crippen molar-refractivity contribution in [3.63, 3.8) is 0 Å². The van der Waals surface area contributed by atoms with Gasteiger partial charge in [-0.3, -0.25) is 0 Å². The molecule has 172 valence electrons. The monoisotopic (exact) mass is 484 g/mol. The highest BCUT2D eigenvalue weighted by Gasteiger charge is 2.48. The fraction of sp³-hybridized carbons (Fsp3) is 0.200. The molecule has 4 heteroatoms. The van der Waals surface area contributed by atoms with Gasteiger partial charge >= 0.3 is 0 Å². The first-order valence-corrected chi connectivity index (χ1v) is 17.2. The van der Waals surface area contributed by atoms with Crippen LogP contribution in [0, 0.1) is 0 Å². The molecule has 0 unspecified atom stereocenters. The van der Waals surface area contributed by atoms with Crippen LogP contribution in [0.4, 0.5) is 11.4 Å². The zero-order valence-electron chi connectivity index (χ0n) is 20.2. The molecule has 34 heavy (non-hydrogen) atoms. The Labute approximate surface area is 205 Å². The molecule has 0 aromatic heterocycles. The van der Waals surface area contributed by atoms with Crippen LogP contribution in [0.5, 0.6) is 0 Å². The Hall–Kier alpha value is -2.66. The molecule has 0 N–H and O–H groups in total. The molecule has 5 rings (SSSR count). The van der Waals surface area contributed by atoms with E-state index in [1.165, 1.54) is 22.0 Å². The molecule has 1 fully saturated rings. The average Bonchev–Trinajstić information content (AvgIpc) is 2.89. The molecule has 4 aromatic rings. The van der Waals surface area contributed by atoms with E-state index < -0.39 is 14.5 Å². The first kappa shape index (κ1) is 23.1. The first-order valence-electron chi connectivity index (χ1n) is 12.0. The maximum atomic E-state index is 2.71. The van der Waals surface area contributed by atoms with E-state index in [0.717, 1.165) is 25.1 Å². The lowest BCUT2D eigenvalue weighted by Crippen LogP contribution is -2.44. The molecule has 1 aliphatic rings. The fourth-order valence-electron chi connectivity index (χ4n) is 5.19. The van der Waals surface area contributed by atoms with Crippen LogP contribution >= 0.6 is 14.5 Å². The Kier molecular flexibility index (Phi) is 6.73. The topological polar surface area (TPSA) is 6.48 Å². The predicted octanol–water partition coefficient (Wildman–Crippen LogP) is 6.79. The lowest BCUT2D eigenvalue weighted by Gasteiger charge is -2.42. The molecular weight excluding hydrogens is 450 g/mol. The highest BCUT2D eigenvalue weighted by molar-refractivity contribution is 7.84. The van der Waals surface area contributed by atoms with Gasteiger partial charge in [-0.05, 0) is 48.5 Å². The van der Waals surface area contributed by atoms with Crippen LogP contribution in [0.3, 0.4) is 0 Å². The van der Waals surface area contributed by atoms with Gasteiger partial charge in [0.15, 0.2) is 0 Å². The van der Waals surface area contributed by atoms with E-state index in [1.54, 1.807) is 0 Å². The van der Waals surface area contributed by atoms with Crippen LogP contribution in [-0.2, 0) is 0 Å². The number of anilines is 2. The normalized spacial score (nSPS) is 23.2. The lowest BCUT2D eigenvalue weighted by atomic mass is 10.3. The number of rotatable bonds is 4. The van der Waals surface area contributed by atoms with E-state index in [-0.39, 0.29) is 0 Å². The van der Waals surface area contributed by atoms with E-state index in [1.807, 2.05) is 0 Å². The van der Waals surface area contributed by atoms with Gasteiger partial charge in [-0.15, -0.1) is 0 Å². The second-order valence-corrected chi connectivity index (χ2v) is 17.5. The predicted molar refractivity (Wildman–Crippen MR) is 155 cm³/mol. The van der Waals surface area contributed by atoms with E-state index in [9.17, 15) is 0 Å². The van der Waals surface area contributed by atoms with E-state index in [4.69, 9.17) is 0 Å². The number of nitrogens with zero attached hydrogens (tertiary/aromatic N) is 2. The summed E-state index contributed by atoms with van der Waals surface area (Å²) in [4.78, 5) is 5.42. The molecule has 0 bridgehead atoms. The van der Waals surface area contributed by atoms with Gasteiger partial charge < -0.3 is 9.80 Å². The minimum absolute atomic E-state index is 1.09. The zero-order valence-corrected chi connectivity index (χ0v) is 22.0. The number of para-hydroxylation sites is 2. The molecule has 0 saturated carbocycles. The lowest BCUT2D eigenvalue weighted by molar-refractivity contribution is 0.967. The van der Waals surface area contributed by atoms with Gasteiger partial charge in [0.25, 0.3) is 0 Å². The summed E-state index contributed by atoms with van der Waals surface area (Å²) >= 11 is 0. The standard InChI is InChI=1S/C30H34N2P2/c1-33(29-19-11-5-12-20-29)23-31(27-15-7-3-8-16-27)25-34(2,30-21-13-6-14-22-30)26-32(24-33)28-17-9-4-10-18-28/h3-22H,23-26H2,1-2H3/q+2. The molecule has 2 nitrogen and oxygen atoms in total. The Morgan fingerprint density at radius 1 is 0.412 bits per heavy atom. The molecule has 4 aromatic carbocycles. The minimum Gasteiger partial charge on any atom is -0.306 e. The van der Waals surface area contributed by atoms with Gasteiger partial charge in [0.1, 0.15) is 25.1 Å². The van der Waals surface area contributed by atoms with Gasteiger partial charge in [0.2, 0.25) is 0 Å². The van der Waals surface area contributed by atoms with Crippen molar-refractivity contribution in [1.29, 1.82) is 0 Å². The van der Waals surface area contributed by atoms with Gasteiger partial charge in [0.05, 0.1) is 38.5 Å². The number of hydrogen-bond donors (Lipinski definition) is 0. The van der Waals surface area contributed by atoms with Crippen molar-refractivity contribution in [2.45, 2.75) is 0 Å². The summed E-state index contributed by atoms with van der Waals surface area (Å²) in [5.41, 5.74) is 2.69. The smallest absolute Gasteiger partial charge is 0.139 e. The minimum atomic E-state index is -1.51. The quantitative estimate of drug-likeness (QED) is 0.294. The summed E-state index contributed by atoms with van der Waals surface area (Å²) in [5, 5.41) is 3.03. The first-order chi connectivity index (χ1) is 16.6. The number of benzene rings is 4. The molecule has 1 aliphatic heterocycles. The maximum Gasteiger partial charge on any atom is 0.139 e. The second kappa shape index (κ2) is 9.91. The molecule has 0 spiro atoms. The number of hydrogen-bond acceptors (Lipinski definition) is 2. The molecule has 0 atom stereocenters. The molecule has 0 amide bonds. The average molecular weight is 485 g/mol. The van der Waals surface area contributed by atoms with Crippen LogP contribution in [0.25, 0.3) is 0 Å². The second-order valence-electron chi connectivity index (χ2n) is 9.78. The molecule has 1 heterocycles. The van der Waals surface area contributed by atoms with Crippen LogP contribution in [0.15, 0.2) is 121 Å². The summed E-state index contributed by atoms with van der Waals surface area (Å²) in [6.07, 6.45) is 4.36. The molecule has 0 radical (unpaired) electrons. The molecule has 1 saturated heterocycles. The summed E-state index contributed by atoms with van der Waals surface area (Å²) in [5.74, 6) is 0. The summed E-state index contributed by atoms with van der Waals surface area (Å²) in [6.45, 7) is 5.11. The van der Waals surface area contributed by atoms with Crippen LogP contribution in [0.1, 0.15) is 0 Å². The van der Waals surface area contributed by atoms with Crippen LogP contribution in [0.2, 0.25) is 0 Å². The summed E-state index contributed by atoms with van der Waals surface area (Å²) in [6, 6.07) is 44.7. The SMILES string of the molecule is C[P+]1(c2ccccc2)CN(c2ccccc2)C[P+](C)(c2ccccc2)CN(c2ccccc2)C1. The van der Waals surface area contributed by atoms with E-state index in [2.05, 4.69) is 144 Å². The Morgan fingerprint density at radius 3 is 0.971 bits per heavy atom. The van der Waals surface area contributed by atoms with Crippen molar-refractivity contribution in [2.24, 2.45) is 0 Å². The summed E-state index contributed by atoms with van der Waals surface area (Å²) in [7, 11) is -3.02. The summed E-state index contributed by atoms with van der Waals surface area (Å²) < 4.78 is 0. The van der Waals surface area contributed by atoms with Crippen molar-refractivity contribution in [3.8, 4) is 0 Å². The van der Waals surface area contributed by atoms with Crippen molar-refractivity contribution in [2.75, 3.05) is 48.3 Å². The van der Waals surface area contributed by atoms with E-state index >= 15 is 0 Å². The third-order valence-corrected chi connectivity index (χ3v) is 13.9. The highest BCUT2D eigenvalue weighted by Crippen LogP contribution is 2.63. The third-order valence-electron chi connectivity index (χ3n) is 6.93. The maximum absolute atomic E-state index is 2.71. The van der Waals surface area contributed by atoms with Crippen molar-refractivity contribution in [1.82, 2.24) is 0 Å². The highest BCUT2D eigenvalue weighted by atomic mass is 31.2. The Balaban J connectivity index is 1.64. The van der Waals surface area contributed by atoms with Crippen molar-refractivity contribution >= 4 is 36.5 Å². The third kappa shape index (κ3) is 4.90. The van der Waals surface area contributed by atoms with E-state index in [0.29, 0.717) is 0 Å². The Morgan fingerprint density at radius 2 is 0.676 bits per heavy atom. The largest absolute Gasteiger partial charge is 0.306 e. The molecule has 0 aliphatic carbocycles. The van der Waals surface area contributed by atoms with Gasteiger partial charge in [-0.1, -0.05) is 72.8 Å². The van der Waals surface area contributed by atoms with Crippen LogP contribution < -0.4 is 20.4 Å². The van der Waals surface area contributed by atoms with Crippen LogP contribution in [-0.4, -0.2) is 38.5 Å². The van der Waals surface area contributed by atoms with Gasteiger partial charge in [-0.2, -0.15) is 0 Å². The van der Waals surface area contributed by atoms with Crippen molar-refractivity contribution < 1.29 is 0 Å². The van der Waals surface area contributed by atoms with Gasteiger partial charge in [0, 0.05) is 11.4 Å². The Bertz CT molecular complexity index is 1070.